The molecule has 0 aliphatic heterocycles. The Hall–Kier alpha value is -3.93. The van der Waals surface area contributed by atoms with E-state index in [-0.39, 0.29) is 0 Å². The highest BCUT2D eigenvalue weighted by Crippen LogP contribution is 2.48. The second-order valence-corrected chi connectivity index (χ2v) is 9.93. The molecule has 0 saturated heterocycles. The number of benzene rings is 2. The third kappa shape index (κ3) is 4.17. The van der Waals surface area contributed by atoms with Crippen LogP contribution in [0.5, 0.6) is 5.88 Å². The predicted molar refractivity (Wildman–Crippen MR) is 136 cm³/mol. The van der Waals surface area contributed by atoms with E-state index < -0.39 is 11.4 Å². The van der Waals surface area contributed by atoms with Crippen LogP contribution in [0.15, 0.2) is 71.3 Å². The Kier molecular flexibility index (Phi) is 5.59. The van der Waals surface area contributed by atoms with Crippen LogP contribution in [-0.4, -0.2) is 27.3 Å². The van der Waals surface area contributed by atoms with Crippen LogP contribution in [0, 0.1) is 6.92 Å². The van der Waals surface area contributed by atoms with Crippen molar-refractivity contribution < 1.29 is 19.2 Å². The second-order valence-electron chi connectivity index (χ2n) is 9.93. The molecule has 6 heteroatoms. The Balaban J connectivity index is 1.21. The first-order valence-corrected chi connectivity index (χ1v) is 12.5. The van der Waals surface area contributed by atoms with Crippen LogP contribution in [0.2, 0.25) is 0 Å². The van der Waals surface area contributed by atoms with Gasteiger partial charge in [0.05, 0.1) is 11.1 Å². The Labute approximate surface area is 209 Å². The van der Waals surface area contributed by atoms with Crippen molar-refractivity contribution >= 4 is 5.97 Å². The Morgan fingerprint density at radius 2 is 1.67 bits per heavy atom. The van der Waals surface area contributed by atoms with Gasteiger partial charge in [-0.25, -0.2) is 4.98 Å². The molecule has 0 bridgehead atoms. The monoisotopic (exact) mass is 480 g/mol. The SMILES string of the molecule is Cc1noc(-c2ccc(-c3ccc(C4(C(=O)O)CC4)cc3)cc2)c1Cc1cccc(OC2CCC2)n1. The lowest BCUT2D eigenvalue weighted by Crippen LogP contribution is -2.25. The molecule has 6 rings (SSSR count). The van der Waals surface area contributed by atoms with Gasteiger partial charge in [0.25, 0.3) is 0 Å². The summed E-state index contributed by atoms with van der Waals surface area (Å²) in [4.78, 5) is 16.3. The molecule has 2 aromatic carbocycles. The van der Waals surface area contributed by atoms with Crippen molar-refractivity contribution in [3.05, 3.63) is 89.2 Å². The lowest BCUT2D eigenvalue weighted by atomic mass is 9.93. The molecule has 0 radical (unpaired) electrons. The van der Waals surface area contributed by atoms with Gasteiger partial charge in [-0.15, -0.1) is 0 Å². The molecule has 2 saturated carbocycles. The highest BCUT2D eigenvalue weighted by molar-refractivity contribution is 5.85. The summed E-state index contributed by atoms with van der Waals surface area (Å²) < 4.78 is 11.7. The van der Waals surface area contributed by atoms with Crippen molar-refractivity contribution in [1.29, 1.82) is 0 Å². The summed E-state index contributed by atoms with van der Waals surface area (Å²) in [6, 6.07) is 22.0. The standard InChI is InChI=1S/C30H28N2O4/c1-19-26(18-24-4-2-7-27(31-24)35-25-5-3-6-25)28(36-32-19)22-10-8-20(9-11-22)21-12-14-23(15-13-21)30(16-17-30)29(33)34/h2,4,7-15,25H,3,5-6,16-18H2,1H3,(H,33,34). The molecule has 2 aliphatic rings. The zero-order valence-corrected chi connectivity index (χ0v) is 20.2. The van der Waals surface area contributed by atoms with Gasteiger partial charge in [0.15, 0.2) is 5.76 Å². The van der Waals surface area contributed by atoms with Crippen molar-refractivity contribution in [3.63, 3.8) is 0 Å². The van der Waals surface area contributed by atoms with Crippen LogP contribution in [0.1, 0.15) is 54.6 Å². The zero-order chi connectivity index (χ0) is 24.7. The third-order valence-corrected chi connectivity index (χ3v) is 7.54. The third-order valence-electron chi connectivity index (χ3n) is 7.54. The zero-order valence-electron chi connectivity index (χ0n) is 20.2. The van der Waals surface area contributed by atoms with E-state index in [4.69, 9.17) is 14.2 Å². The Morgan fingerprint density at radius 1 is 1.00 bits per heavy atom. The number of rotatable bonds is 8. The first-order chi connectivity index (χ1) is 17.5. The molecule has 0 unspecified atom stereocenters. The first-order valence-electron chi connectivity index (χ1n) is 12.5. The van der Waals surface area contributed by atoms with Gasteiger partial charge < -0.3 is 14.4 Å². The predicted octanol–water partition coefficient (Wildman–Crippen LogP) is 6.35. The number of aryl methyl sites for hydroxylation is 1. The van der Waals surface area contributed by atoms with Gasteiger partial charge in [0.1, 0.15) is 6.10 Å². The molecular formula is C30H28N2O4. The Morgan fingerprint density at radius 3 is 2.28 bits per heavy atom. The molecule has 36 heavy (non-hydrogen) atoms. The van der Waals surface area contributed by atoms with E-state index in [0.29, 0.717) is 31.2 Å². The number of ether oxygens (including phenoxy) is 1. The molecule has 0 atom stereocenters. The van der Waals surface area contributed by atoms with Crippen LogP contribution in [0.25, 0.3) is 22.5 Å². The van der Waals surface area contributed by atoms with E-state index >= 15 is 0 Å². The quantitative estimate of drug-likeness (QED) is 0.316. The number of carboxylic acid groups (broad SMARTS) is 1. The molecule has 2 fully saturated rings. The molecular weight excluding hydrogens is 452 g/mol. The highest BCUT2D eigenvalue weighted by atomic mass is 16.5. The molecule has 182 valence electrons. The number of nitrogens with zero attached hydrogens (tertiary/aromatic N) is 2. The highest BCUT2D eigenvalue weighted by Gasteiger charge is 2.51. The maximum Gasteiger partial charge on any atom is 0.314 e. The normalized spacial score (nSPS) is 16.4. The number of hydrogen-bond acceptors (Lipinski definition) is 5. The number of carbonyl (C=O) groups is 1. The molecule has 1 N–H and O–H groups in total. The van der Waals surface area contributed by atoms with Gasteiger partial charge in [-0.05, 0) is 61.8 Å². The van der Waals surface area contributed by atoms with Crippen LogP contribution in [-0.2, 0) is 16.6 Å². The van der Waals surface area contributed by atoms with Crippen LogP contribution in [0.3, 0.4) is 0 Å². The van der Waals surface area contributed by atoms with Gasteiger partial charge in [0, 0.05) is 29.3 Å². The fourth-order valence-corrected chi connectivity index (χ4v) is 4.83. The minimum Gasteiger partial charge on any atom is -0.481 e. The van der Waals surface area contributed by atoms with Crippen molar-refractivity contribution in [3.8, 4) is 28.3 Å². The van der Waals surface area contributed by atoms with E-state index in [1.54, 1.807) is 0 Å². The maximum atomic E-state index is 11.6. The lowest BCUT2D eigenvalue weighted by molar-refractivity contribution is -0.140. The van der Waals surface area contributed by atoms with Crippen molar-refractivity contribution in [2.75, 3.05) is 0 Å². The second kappa shape index (κ2) is 8.94. The largest absolute Gasteiger partial charge is 0.481 e. The van der Waals surface area contributed by atoms with Gasteiger partial charge in [0.2, 0.25) is 5.88 Å². The number of aromatic nitrogens is 2. The van der Waals surface area contributed by atoms with E-state index in [2.05, 4.69) is 17.3 Å². The minimum absolute atomic E-state index is 0.294. The van der Waals surface area contributed by atoms with Crippen molar-refractivity contribution in [2.24, 2.45) is 0 Å². The number of aliphatic carboxylic acids is 1. The number of pyridine rings is 1. The molecule has 6 nitrogen and oxygen atoms in total. The first kappa shape index (κ1) is 22.5. The van der Waals surface area contributed by atoms with E-state index in [1.807, 2.05) is 61.5 Å². The molecule has 2 aliphatic carbocycles. The van der Waals surface area contributed by atoms with Gasteiger partial charge in [-0.1, -0.05) is 59.8 Å². The van der Waals surface area contributed by atoms with E-state index in [0.717, 1.165) is 57.8 Å². The fraction of sp³-hybridized carbons (Fsp3) is 0.300. The summed E-state index contributed by atoms with van der Waals surface area (Å²) in [7, 11) is 0. The van der Waals surface area contributed by atoms with Crippen molar-refractivity contribution in [1.82, 2.24) is 10.1 Å². The summed E-state index contributed by atoms with van der Waals surface area (Å²) in [5.74, 6) is 0.698. The lowest BCUT2D eigenvalue weighted by Gasteiger charge is -2.25. The average Bonchev–Trinajstić information content (AvgIpc) is 3.62. The number of hydrogen-bond donors (Lipinski definition) is 1. The van der Waals surface area contributed by atoms with Gasteiger partial charge in [-0.2, -0.15) is 0 Å². The van der Waals surface area contributed by atoms with Crippen molar-refractivity contribution in [2.45, 2.75) is 57.0 Å². The summed E-state index contributed by atoms with van der Waals surface area (Å²) >= 11 is 0. The van der Waals surface area contributed by atoms with Gasteiger partial charge >= 0.3 is 5.97 Å². The molecule has 0 spiro atoms. The average molecular weight is 481 g/mol. The summed E-state index contributed by atoms with van der Waals surface area (Å²) in [5, 5.41) is 13.8. The summed E-state index contributed by atoms with van der Waals surface area (Å²) in [6.45, 7) is 1.96. The van der Waals surface area contributed by atoms with Crippen LogP contribution < -0.4 is 4.74 Å². The summed E-state index contributed by atoms with van der Waals surface area (Å²) in [6.07, 6.45) is 5.76. The molecule has 2 heterocycles. The van der Waals surface area contributed by atoms with Crippen LogP contribution in [0.4, 0.5) is 0 Å². The molecule has 4 aromatic rings. The number of carboxylic acids is 1. The Bertz CT molecular complexity index is 1400. The molecule has 0 amide bonds. The topological polar surface area (TPSA) is 85.5 Å². The van der Waals surface area contributed by atoms with Crippen LogP contribution >= 0.6 is 0 Å². The van der Waals surface area contributed by atoms with E-state index in [1.165, 1.54) is 6.42 Å². The maximum absolute atomic E-state index is 11.6. The summed E-state index contributed by atoms with van der Waals surface area (Å²) in [5.41, 5.74) is 6.06. The minimum atomic E-state index is -0.731. The van der Waals surface area contributed by atoms with E-state index in [9.17, 15) is 9.90 Å². The fourth-order valence-electron chi connectivity index (χ4n) is 4.83. The molecule has 2 aromatic heterocycles. The smallest absolute Gasteiger partial charge is 0.314 e. The van der Waals surface area contributed by atoms with Gasteiger partial charge in [-0.3, -0.25) is 4.79 Å².